The molecule has 0 spiro atoms. The number of ketones is 1. The van der Waals surface area contributed by atoms with E-state index in [9.17, 15) is 4.79 Å². The molecule has 0 aliphatic carbocycles. The molecule has 2 aromatic rings. The number of nitrogens with zero attached hydrogens (tertiary/aromatic N) is 1. The van der Waals surface area contributed by atoms with Crippen molar-refractivity contribution >= 4 is 5.78 Å². The van der Waals surface area contributed by atoms with Gasteiger partial charge >= 0.3 is 0 Å². The van der Waals surface area contributed by atoms with Crippen molar-refractivity contribution in [3.63, 3.8) is 0 Å². The highest BCUT2D eigenvalue weighted by molar-refractivity contribution is 5.97. The van der Waals surface area contributed by atoms with E-state index in [1.807, 2.05) is 25.3 Å². The number of furan rings is 1. The van der Waals surface area contributed by atoms with E-state index in [0.29, 0.717) is 12.0 Å². The molecule has 0 aromatic carbocycles. The van der Waals surface area contributed by atoms with Gasteiger partial charge in [-0.1, -0.05) is 13.0 Å². The monoisotopic (exact) mass is 229 g/mol. The number of hydrogen-bond acceptors (Lipinski definition) is 3. The number of rotatable bonds is 4. The van der Waals surface area contributed by atoms with E-state index in [1.165, 1.54) is 11.8 Å². The predicted molar refractivity (Wildman–Crippen MR) is 65.1 cm³/mol. The molecule has 0 atom stereocenters. The van der Waals surface area contributed by atoms with E-state index in [0.717, 1.165) is 17.9 Å². The number of aryl methyl sites for hydroxylation is 2. The third kappa shape index (κ3) is 2.81. The average Bonchev–Trinajstić information content (AvgIpc) is 2.77. The van der Waals surface area contributed by atoms with Crippen LogP contribution in [0.5, 0.6) is 0 Å². The van der Waals surface area contributed by atoms with Crippen molar-refractivity contribution in [2.24, 2.45) is 0 Å². The molecule has 17 heavy (non-hydrogen) atoms. The average molecular weight is 229 g/mol. The molecule has 2 aromatic heterocycles. The predicted octanol–water partition coefficient (Wildman–Crippen LogP) is 2.97. The molecule has 0 radical (unpaired) electrons. The van der Waals surface area contributed by atoms with Crippen LogP contribution < -0.4 is 0 Å². The maximum Gasteiger partial charge on any atom is 0.172 e. The Morgan fingerprint density at radius 1 is 1.41 bits per heavy atom. The highest BCUT2D eigenvalue weighted by Crippen LogP contribution is 2.10. The van der Waals surface area contributed by atoms with Crippen LogP contribution in [-0.4, -0.2) is 10.8 Å². The number of hydrogen-bond donors (Lipinski definition) is 0. The summed E-state index contributed by atoms with van der Waals surface area (Å²) in [7, 11) is 0. The van der Waals surface area contributed by atoms with Crippen LogP contribution in [0.4, 0.5) is 0 Å². The first kappa shape index (κ1) is 11.6. The number of Topliss-reactive ketones (excluding diaryl/α,β-unsaturated/α-hetero) is 1. The summed E-state index contributed by atoms with van der Waals surface area (Å²) in [5.41, 5.74) is 2.59. The molecule has 88 valence electrons. The Morgan fingerprint density at radius 2 is 2.24 bits per heavy atom. The fourth-order valence-corrected chi connectivity index (χ4v) is 1.63. The molecule has 3 nitrogen and oxygen atoms in total. The largest absolute Gasteiger partial charge is 0.469 e. The minimum absolute atomic E-state index is 0.0404. The van der Waals surface area contributed by atoms with E-state index in [-0.39, 0.29) is 5.78 Å². The fourth-order valence-electron chi connectivity index (χ4n) is 1.63. The molecule has 0 amide bonds. The quantitative estimate of drug-likeness (QED) is 0.757. The smallest absolute Gasteiger partial charge is 0.172 e. The van der Waals surface area contributed by atoms with E-state index >= 15 is 0 Å². The van der Waals surface area contributed by atoms with Crippen molar-refractivity contribution in [3.8, 4) is 0 Å². The van der Waals surface area contributed by atoms with Crippen LogP contribution in [-0.2, 0) is 12.8 Å². The molecule has 0 N–H and O–H groups in total. The van der Waals surface area contributed by atoms with Gasteiger partial charge in [-0.2, -0.15) is 0 Å². The second kappa shape index (κ2) is 4.95. The number of carbonyl (C=O) groups excluding carboxylic acids is 1. The zero-order valence-corrected chi connectivity index (χ0v) is 10.1. The summed E-state index contributed by atoms with van der Waals surface area (Å²) < 4.78 is 5.12. The van der Waals surface area contributed by atoms with Gasteiger partial charge in [0.1, 0.15) is 12.0 Å². The molecule has 0 fully saturated rings. The normalized spacial score (nSPS) is 10.5. The maximum atomic E-state index is 11.9. The number of pyridine rings is 1. The highest BCUT2D eigenvalue weighted by Gasteiger charge is 2.10. The Kier molecular flexibility index (Phi) is 3.38. The molecule has 3 heteroatoms. The maximum absolute atomic E-state index is 11.9. The molecule has 0 unspecified atom stereocenters. The lowest BCUT2D eigenvalue weighted by Gasteiger charge is -2.00. The molecular weight excluding hydrogens is 214 g/mol. The Bertz CT molecular complexity index is 511. The minimum Gasteiger partial charge on any atom is -0.469 e. The Morgan fingerprint density at radius 3 is 2.76 bits per heavy atom. The molecule has 0 aliphatic heterocycles. The zero-order valence-electron chi connectivity index (χ0n) is 10.1. The van der Waals surface area contributed by atoms with Crippen LogP contribution in [0.2, 0.25) is 0 Å². The van der Waals surface area contributed by atoms with Crippen molar-refractivity contribution in [3.05, 3.63) is 53.2 Å². The summed E-state index contributed by atoms with van der Waals surface area (Å²) in [6, 6.07) is 5.67. The second-order valence-electron chi connectivity index (χ2n) is 4.06. The van der Waals surface area contributed by atoms with Gasteiger partial charge in [-0.15, -0.1) is 0 Å². The lowest BCUT2D eigenvalue weighted by molar-refractivity contribution is 0.0991. The van der Waals surface area contributed by atoms with Gasteiger partial charge in [0.05, 0.1) is 12.0 Å². The van der Waals surface area contributed by atoms with Gasteiger partial charge in [0.15, 0.2) is 5.78 Å². The lowest BCUT2D eigenvalue weighted by atomic mass is 10.1. The van der Waals surface area contributed by atoms with Crippen LogP contribution in [0, 0.1) is 6.92 Å². The number of aromatic nitrogens is 1. The van der Waals surface area contributed by atoms with E-state index in [4.69, 9.17) is 4.42 Å². The molecule has 0 saturated heterocycles. The highest BCUT2D eigenvalue weighted by atomic mass is 16.3. The van der Waals surface area contributed by atoms with Crippen molar-refractivity contribution in [2.45, 2.75) is 26.7 Å². The van der Waals surface area contributed by atoms with Gasteiger partial charge in [-0.25, -0.2) is 0 Å². The van der Waals surface area contributed by atoms with Gasteiger partial charge in [-0.3, -0.25) is 9.78 Å². The standard InChI is InChI=1S/C14H15NO2/c1-3-11-4-5-13(15-8-11)7-14(16)12-6-10(2)17-9-12/h4-6,8-9H,3,7H2,1-2H3. The summed E-state index contributed by atoms with van der Waals surface area (Å²) in [5, 5.41) is 0. The Balaban J connectivity index is 2.07. The summed E-state index contributed by atoms with van der Waals surface area (Å²) in [6.45, 7) is 3.90. The zero-order chi connectivity index (χ0) is 12.3. The molecule has 2 heterocycles. The Hall–Kier alpha value is -1.90. The van der Waals surface area contributed by atoms with E-state index < -0.39 is 0 Å². The van der Waals surface area contributed by atoms with Crippen molar-refractivity contribution in [2.75, 3.05) is 0 Å². The van der Waals surface area contributed by atoms with Crippen LogP contribution >= 0.6 is 0 Å². The van der Waals surface area contributed by atoms with Gasteiger partial charge in [-0.05, 0) is 31.0 Å². The van der Waals surface area contributed by atoms with Gasteiger partial charge < -0.3 is 4.42 Å². The molecule has 2 rings (SSSR count). The summed E-state index contributed by atoms with van der Waals surface area (Å²) in [6.07, 6.45) is 4.60. The van der Waals surface area contributed by atoms with Crippen LogP contribution in [0.3, 0.4) is 0 Å². The fraction of sp³-hybridized carbons (Fsp3) is 0.286. The van der Waals surface area contributed by atoms with Crippen molar-refractivity contribution in [1.82, 2.24) is 4.98 Å². The molecule has 0 saturated carbocycles. The molecular formula is C14H15NO2. The topological polar surface area (TPSA) is 43.1 Å². The Labute approximate surface area is 100 Å². The second-order valence-corrected chi connectivity index (χ2v) is 4.06. The third-order valence-corrected chi connectivity index (χ3v) is 2.69. The molecule has 0 aliphatic rings. The lowest BCUT2D eigenvalue weighted by Crippen LogP contribution is -2.04. The van der Waals surface area contributed by atoms with Gasteiger partial charge in [0, 0.05) is 11.9 Å². The van der Waals surface area contributed by atoms with E-state index in [2.05, 4.69) is 11.9 Å². The van der Waals surface area contributed by atoms with Crippen LogP contribution in [0.1, 0.15) is 34.3 Å². The number of carbonyl (C=O) groups is 1. The van der Waals surface area contributed by atoms with Crippen LogP contribution in [0.25, 0.3) is 0 Å². The first-order chi connectivity index (χ1) is 8.19. The van der Waals surface area contributed by atoms with Crippen molar-refractivity contribution < 1.29 is 9.21 Å². The van der Waals surface area contributed by atoms with Gasteiger partial charge in [0.25, 0.3) is 0 Å². The first-order valence-electron chi connectivity index (χ1n) is 5.71. The molecule has 0 bridgehead atoms. The third-order valence-electron chi connectivity index (χ3n) is 2.69. The van der Waals surface area contributed by atoms with Crippen LogP contribution in [0.15, 0.2) is 35.1 Å². The summed E-state index contributed by atoms with van der Waals surface area (Å²) in [5.74, 6) is 0.793. The van der Waals surface area contributed by atoms with Gasteiger partial charge in [0.2, 0.25) is 0 Å². The summed E-state index contributed by atoms with van der Waals surface area (Å²) >= 11 is 0. The SMILES string of the molecule is CCc1ccc(CC(=O)c2coc(C)c2)nc1. The first-order valence-corrected chi connectivity index (χ1v) is 5.71. The summed E-state index contributed by atoms with van der Waals surface area (Å²) in [4.78, 5) is 16.2. The van der Waals surface area contributed by atoms with Crippen molar-refractivity contribution in [1.29, 1.82) is 0 Å². The minimum atomic E-state index is 0.0404. The van der Waals surface area contributed by atoms with E-state index in [1.54, 1.807) is 6.07 Å².